The molecule has 2 N–H and O–H groups in total. The van der Waals surface area contributed by atoms with Gasteiger partial charge in [0.05, 0.1) is 0 Å². The summed E-state index contributed by atoms with van der Waals surface area (Å²) in [7, 11) is 0. The van der Waals surface area contributed by atoms with Gasteiger partial charge in [-0.25, -0.2) is 4.79 Å². The maximum atomic E-state index is 11.7. The van der Waals surface area contributed by atoms with E-state index in [1.807, 2.05) is 0 Å². The Morgan fingerprint density at radius 3 is 2.87 bits per heavy atom. The van der Waals surface area contributed by atoms with Crippen LogP contribution in [0.15, 0.2) is 0 Å². The van der Waals surface area contributed by atoms with Crippen LogP contribution < -0.4 is 10.6 Å². The van der Waals surface area contributed by atoms with Gasteiger partial charge < -0.3 is 15.5 Å². The minimum Gasteiger partial charge on any atom is -0.354 e. The molecule has 0 spiro atoms. The van der Waals surface area contributed by atoms with Crippen LogP contribution in [-0.4, -0.2) is 42.5 Å². The quantitative estimate of drug-likeness (QED) is 0.644. The molecule has 5 nitrogen and oxygen atoms in total. The molecule has 1 saturated carbocycles. The van der Waals surface area contributed by atoms with Crippen LogP contribution in [0.2, 0.25) is 0 Å². The highest BCUT2D eigenvalue weighted by Gasteiger charge is 2.23. The first-order chi connectivity index (χ1) is 7.25. The minimum atomic E-state index is -0.0174. The lowest BCUT2D eigenvalue weighted by Gasteiger charge is -2.29. The second-order valence-electron chi connectivity index (χ2n) is 4.16. The zero-order valence-corrected chi connectivity index (χ0v) is 8.79. The largest absolute Gasteiger partial charge is 0.354 e. The van der Waals surface area contributed by atoms with Crippen LogP contribution in [0.1, 0.15) is 25.7 Å². The molecule has 0 radical (unpaired) electrons. The predicted molar refractivity (Wildman–Crippen MR) is 55.4 cm³/mol. The fraction of sp³-hybridized carbons (Fsp3) is 0.800. The van der Waals surface area contributed by atoms with Crippen LogP contribution in [0.4, 0.5) is 4.79 Å². The Kier molecular flexibility index (Phi) is 3.08. The summed E-state index contributed by atoms with van der Waals surface area (Å²) in [5.41, 5.74) is 0. The molecule has 5 heteroatoms. The number of amides is 3. The van der Waals surface area contributed by atoms with Crippen molar-refractivity contribution in [2.24, 2.45) is 0 Å². The summed E-state index contributed by atoms with van der Waals surface area (Å²) in [6.07, 6.45) is 3.82. The Balaban J connectivity index is 1.80. The highest BCUT2D eigenvalue weighted by Crippen LogP contribution is 2.18. The van der Waals surface area contributed by atoms with Crippen molar-refractivity contribution < 1.29 is 9.59 Å². The Hall–Kier alpha value is -1.26. The van der Waals surface area contributed by atoms with Crippen molar-refractivity contribution in [1.82, 2.24) is 15.5 Å². The van der Waals surface area contributed by atoms with Gasteiger partial charge in [-0.2, -0.15) is 0 Å². The van der Waals surface area contributed by atoms with Crippen LogP contribution in [0.5, 0.6) is 0 Å². The normalized spacial score (nSPS) is 22.7. The molecule has 15 heavy (non-hydrogen) atoms. The first-order valence-corrected chi connectivity index (χ1v) is 5.58. The van der Waals surface area contributed by atoms with Crippen molar-refractivity contribution in [1.29, 1.82) is 0 Å². The van der Waals surface area contributed by atoms with Crippen molar-refractivity contribution in [3.05, 3.63) is 0 Å². The van der Waals surface area contributed by atoms with Gasteiger partial charge in [-0.1, -0.05) is 0 Å². The van der Waals surface area contributed by atoms with Crippen LogP contribution in [0, 0.1) is 0 Å². The van der Waals surface area contributed by atoms with Gasteiger partial charge in [-0.3, -0.25) is 4.79 Å². The summed E-state index contributed by atoms with van der Waals surface area (Å²) in [4.78, 5) is 24.5. The summed E-state index contributed by atoms with van der Waals surface area (Å²) in [6.45, 7) is 1.71. The van der Waals surface area contributed by atoms with E-state index in [-0.39, 0.29) is 11.9 Å². The number of nitrogens with one attached hydrogen (secondary N) is 2. The molecule has 1 aliphatic heterocycles. The van der Waals surface area contributed by atoms with E-state index in [9.17, 15) is 9.59 Å². The molecule has 2 rings (SSSR count). The standard InChI is InChI=1S/C10H17N3O2/c14-9-4-6-13(7-5-11-9)10(15)12-8-2-1-3-8/h8H,1-7H2,(H,11,14)(H,12,15). The summed E-state index contributed by atoms with van der Waals surface area (Å²) >= 11 is 0. The molecule has 0 unspecified atom stereocenters. The molecule has 0 aromatic rings. The fourth-order valence-corrected chi connectivity index (χ4v) is 1.79. The first-order valence-electron chi connectivity index (χ1n) is 5.58. The summed E-state index contributed by atoms with van der Waals surface area (Å²) in [6, 6.07) is 0.348. The van der Waals surface area contributed by atoms with Crippen molar-refractivity contribution in [2.45, 2.75) is 31.7 Å². The van der Waals surface area contributed by atoms with Crippen LogP contribution in [0.25, 0.3) is 0 Å². The van der Waals surface area contributed by atoms with Gasteiger partial charge in [0, 0.05) is 32.1 Å². The van der Waals surface area contributed by atoms with E-state index in [0.717, 1.165) is 12.8 Å². The Labute approximate surface area is 89.2 Å². The lowest BCUT2D eigenvalue weighted by molar-refractivity contribution is -0.120. The van der Waals surface area contributed by atoms with Crippen molar-refractivity contribution in [3.63, 3.8) is 0 Å². The van der Waals surface area contributed by atoms with Gasteiger partial charge in [-0.15, -0.1) is 0 Å². The van der Waals surface area contributed by atoms with Gasteiger partial charge in [0.25, 0.3) is 0 Å². The van der Waals surface area contributed by atoms with E-state index in [1.165, 1.54) is 6.42 Å². The summed E-state index contributed by atoms with van der Waals surface area (Å²) < 4.78 is 0. The van der Waals surface area contributed by atoms with Crippen LogP contribution >= 0.6 is 0 Å². The molecule has 2 fully saturated rings. The van der Waals surface area contributed by atoms with E-state index >= 15 is 0 Å². The number of urea groups is 1. The number of carbonyl (C=O) groups is 2. The van der Waals surface area contributed by atoms with Gasteiger partial charge in [0.2, 0.25) is 5.91 Å². The Bertz CT molecular complexity index is 263. The van der Waals surface area contributed by atoms with Crippen LogP contribution in [0.3, 0.4) is 0 Å². The molecule has 0 aromatic carbocycles. The molecule has 1 saturated heterocycles. The summed E-state index contributed by atoms with van der Waals surface area (Å²) in [5, 5.41) is 5.73. The highest BCUT2D eigenvalue weighted by molar-refractivity contribution is 5.79. The molecule has 84 valence electrons. The molecular weight excluding hydrogens is 194 g/mol. The highest BCUT2D eigenvalue weighted by atomic mass is 16.2. The summed E-state index contributed by atoms with van der Waals surface area (Å²) in [5.74, 6) is 0.0361. The number of hydrogen-bond acceptors (Lipinski definition) is 2. The van der Waals surface area contributed by atoms with E-state index in [2.05, 4.69) is 10.6 Å². The molecule has 3 amide bonds. The second-order valence-corrected chi connectivity index (χ2v) is 4.16. The smallest absolute Gasteiger partial charge is 0.317 e. The van der Waals surface area contributed by atoms with Crippen LogP contribution in [-0.2, 0) is 4.79 Å². The van der Waals surface area contributed by atoms with Gasteiger partial charge in [0.15, 0.2) is 0 Å². The van der Waals surface area contributed by atoms with Crippen molar-refractivity contribution in [2.75, 3.05) is 19.6 Å². The topological polar surface area (TPSA) is 61.4 Å². The third-order valence-electron chi connectivity index (χ3n) is 3.03. The first kappa shape index (κ1) is 10.3. The van der Waals surface area contributed by atoms with Gasteiger partial charge in [-0.05, 0) is 19.3 Å². The van der Waals surface area contributed by atoms with Gasteiger partial charge in [0.1, 0.15) is 0 Å². The lowest BCUT2D eigenvalue weighted by Crippen LogP contribution is -2.48. The fourth-order valence-electron chi connectivity index (χ4n) is 1.79. The number of hydrogen-bond donors (Lipinski definition) is 2. The monoisotopic (exact) mass is 211 g/mol. The van der Waals surface area contributed by atoms with E-state index < -0.39 is 0 Å². The molecule has 0 bridgehead atoms. The average molecular weight is 211 g/mol. The third-order valence-corrected chi connectivity index (χ3v) is 3.03. The molecule has 0 atom stereocenters. The minimum absolute atomic E-state index is 0.0174. The van der Waals surface area contributed by atoms with E-state index in [0.29, 0.717) is 32.1 Å². The van der Waals surface area contributed by atoms with Crippen molar-refractivity contribution >= 4 is 11.9 Å². The number of carbonyl (C=O) groups excluding carboxylic acids is 2. The molecule has 1 aliphatic carbocycles. The number of nitrogens with zero attached hydrogens (tertiary/aromatic N) is 1. The maximum Gasteiger partial charge on any atom is 0.317 e. The predicted octanol–water partition coefficient (Wildman–Crippen LogP) is 0.0704. The SMILES string of the molecule is O=C1CCN(C(=O)NC2CCC2)CCN1. The zero-order valence-electron chi connectivity index (χ0n) is 8.79. The van der Waals surface area contributed by atoms with Crippen molar-refractivity contribution in [3.8, 4) is 0 Å². The molecule has 0 aromatic heterocycles. The van der Waals surface area contributed by atoms with E-state index in [4.69, 9.17) is 0 Å². The molecular formula is C10H17N3O2. The second kappa shape index (κ2) is 4.51. The molecule has 2 aliphatic rings. The number of rotatable bonds is 1. The third kappa shape index (κ3) is 2.61. The zero-order chi connectivity index (χ0) is 10.7. The Morgan fingerprint density at radius 2 is 2.20 bits per heavy atom. The maximum absolute atomic E-state index is 11.7. The average Bonchev–Trinajstić information content (AvgIpc) is 2.36. The van der Waals surface area contributed by atoms with E-state index in [1.54, 1.807) is 4.90 Å². The lowest BCUT2D eigenvalue weighted by atomic mass is 9.93. The molecule has 1 heterocycles. The Morgan fingerprint density at radius 1 is 1.40 bits per heavy atom. The van der Waals surface area contributed by atoms with Gasteiger partial charge >= 0.3 is 6.03 Å².